The molecule has 2 N–H and O–H groups in total. The maximum Gasteiger partial charge on any atom is 0.252 e. The molecule has 0 spiro atoms. The van der Waals surface area contributed by atoms with Crippen molar-refractivity contribution in [3.05, 3.63) is 59.7 Å². The zero-order valence-electron chi connectivity index (χ0n) is 11.4. The number of aryl methyl sites for hydroxylation is 1. The lowest BCUT2D eigenvalue weighted by Gasteiger charge is -2.45. The van der Waals surface area contributed by atoms with Crippen LogP contribution in [0.2, 0.25) is 0 Å². The lowest BCUT2D eigenvalue weighted by Crippen LogP contribution is -2.55. The van der Waals surface area contributed by atoms with Crippen LogP contribution in [0.3, 0.4) is 0 Å². The molecule has 0 atom stereocenters. The Labute approximate surface area is 117 Å². The molecular formula is C17H17F2N. The van der Waals surface area contributed by atoms with Crippen molar-refractivity contribution in [2.45, 2.75) is 31.2 Å². The van der Waals surface area contributed by atoms with E-state index in [-0.39, 0.29) is 12.8 Å². The fourth-order valence-corrected chi connectivity index (χ4v) is 2.97. The Hall–Kier alpha value is -1.74. The van der Waals surface area contributed by atoms with Crippen LogP contribution < -0.4 is 5.73 Å². The van der Waals surface area contributed by atoms with Gasteiger partial charge in [0.05, 0.1) is 5.54 Å². The van der Waals surface area contributed by atoms with Crippen LogP contribution in [-0.2, 0) is 5.54 Å². The molecule has 1 aliphatic carbocycles. The number of hydrogen-bond acceptors (Lipinski definition) is 1. The van der Waals surface area contributed by atoms with Gasteiger partial charge in [0.1, 0.15) is 0 Å². The van der Waals surface area contributed by atoms with Gasteiger partial charge in [-0.1, -0.05) is 42.5 Å². The van der Waals surface area contributed by atoms with Crippen LogP contribution in [0.1, 0.15) is 24.0 Å². The monoisotopic (exact) mass is 273 g/mol. The molecule has 0 radical (unpaired) electrons. The van der Waals surface area contributed by atoms with Crippen molar-refractivity contribution < 1.29 is 8.78 Å². The van der Waals surface area contributed by atoms with Gasteiger partial charge in [0, 0.05) is 12.8 Å². The molecule has 1 aliphatic rings. The van der Waals surface area contributed by atoms with Gasteiger partial charge < -0.3 is 5.73 Å². The Kier molecular flexibility index (Phi) is 2.91. The van der Waals surface area contributed by atoms with E-state index in [9.17, 15) is 8.78 Å². The Morgan fingerprint density at radius 1 is 1.00 bits per heavy atom. The number of alkyl halides is 2. The summed E-state index contributed by atoms with van der Waals surface area (Å²) in [6.45, 7) is 2.04. The molecule has 1 fully saturated rings. The van der Waals surface area contributed by atoms with Crippen molar-refractivity contribution >= 4 is 0 Å². The van der Waals surface area contributed by atoms with E-state index in [1.54, 1.807) is 0 Å². The van der Waals surface area contributed by atoms with Gasteiger partial charge in [0.25, 0.3) is 5.92 Å². The molecule has 0 amide bonds. The molecule has 0 saturated heterocycles. The summed E-state index contributed by atoms with van der Waals surface area (Å²) < 4.78 is 26.3. The molecule has 20 heavy (non-hydrogen) atoms. The molecule has 0 bridgehead atoms. The van der Waals surface area contributed by atoms with Crippen LogP contribution >= 0.6 is 0 Å². The number of benzene rings is 2. The summed E-state index contributed by atoms with van der Waals surface area (Å²) in [7, 11) is 0. The van der Waals surface area contributed by atoms with E-state index in [4.69, 9.17) is 5.73 Å². The van der Waals surface area contributed by atoms with Crippen molar-refractivity contribution in [3.8, 4) is 11.1 Å². The second-order valence-corrected chi connectivity index (χ2v) is 5.76. The first-order valence-corrected chi connectivity index (χ1v) is 6.73. The first-order chi connectivity index (χ1) is 9.40. The van der Waals surface area contributed by atoms with Crippen LogP contribution in [0.15, 0.2) is 48.5 Å². The zero-order chi connectivity index (χ0) is 14.4. The van der Waals surface area contributed by atoms with Gasteiger partial charge in [0.2, 0.25) is 0 Å². The standard InChI is InChI=1S/C17H17F2N/c1-12-5-2-3-8-15(12)13-6-4-7-14(9-13)16(20)10-17(18,19)11-16/h2-9H,10-11,20H2,1H3. The van der Waals surface area contributed by atoms with E-state index < -0.39 is 11.5 Å². The maximum absolute atomic E-state index is 13.1. The fourth-order valence-electron chi connectivity index (χ4n) is 2.97. The number of rotatable bonds is 2. The predicted molar refractivity (Wildman–Crippen MR) is 76.7 cm³/mol. The summed E-state index contributed by atoms with van der Waals surface area (Å²) in [6.07, 6.45) is -0.533. The molecule has 0 unspecified atom stereocenters. The van der Waals surface area contributed by atoms with Crippen molar-refractivity contribution in [3.63, 3.8) is 0 Å². The van der Waals surface area contributed by atoms with Gasteiger partial charge in [-0.15, -0.1) is 0 Å². The Morgan fingerprint density at radius 3 is 2.35 bits per heavy atom. The quantitative estimate of drug-likeness (QED) is 0.870. The highest BCUT2D eigenvalue weighted by Gasteiger charge is 2.55. The third kappa shape index (κ3) is 2.22. The fraction of sp³-hybridized carbons (Fsp3) is 0.294. The van der Waals surface area contributed by atoms with Crippen LogP contribution in [-0.4, -0.2) is 5.92 Å². The summed E-state index contributed by atoms with van der Waals surface area (Å²) in [5.41, 5.74) is 9.32. The van der Waals surface area contributed by atoms with Crippen molar-refractivity contribution in [2.75, 3.05) is 0 Å². The highest BCUT2D eigenvalue weighted by Crippen LogP contribution is 2.50. The summed E-state index contributed by atoms with van der Waals surface area (Å²) in [6, 6.07) is 15.7. The van der Waals surface area contributed by atoms with Crippen LogP contribution in [0.4, 0.5) is 8.78 Å². The lowest BCUT2D eigenvalue weighted by atomic mass is 9.69. The SMILES string of the molecule is Cc1ccccc1-c1cccc(C2(N)CC(F)(F)C2)c1. The molecule has 3 rings (SSSR count). The largest absolute Gasteiger partial charge is 0.321 e. The van der Waals surface area contributed by atoms with Gasteiger partial charge in [-0.05, 0) is 35.2 Å². The molecule has 0 aliphatic heterocycles. The molecule has 1 nitrogen and oxygen atoms in total. The van der Waals surface area contributed by atoms with Crippen LogP contribution in [0, 0.1) is 6.92 Å². The summed E-state index contributed by atoms with van der Waals surface area (Å²) in [5, 5.41) is 0. The lowest BCUT2D eigenvalue weighted by molar-refractivity contribution is -0.125. The van der Waals surface area contributed by atoms with Gasteiger partial charge in [0.15, 0.2) is 0 Å². The normalized spacial score (nSPS) is 19.4. The smallest absolute Gasteiger partial charge is 0.252 e. The van der Waals surface area contributed by atoms with Crippen LogP contribution in [0.25, 0.3) is 11.1 Å². The topological polar surface area (TPSA) is 26.0 Å². The van der Waals surface area contributed by atoms with E-state index >= 15 is 0 Å². The molecule has 3 heteroatoms. The van der Waals surface area contributed by atoms with E-state index in [0.717, 1.165) is 22.3 Å². The van der Waals surface area contributed by atoms with Crippen LogP contribution in [0.5, 0.6) is 0 Å². The minimum Gasteiger partial charge on any atom is -0.321 e. The molecule has 1 saturated carbocycles. The van der Waals surface area contributed by atoms with Gasteiger partial charge in [-0.25, -0.2) is 8.78 Å². The van der Waals surface area contributed by atoms with Gasteiger partial charge in [-0.3, -0.25) is 0 Å². The molecule has 104 valence electrons. The van der Waals surface area contributed by atoms with E-state index in [2.05, 4.69) is 0 Å². The third-order valence-corrected chi connectivity index (χ3v) is 4.04. The number of hydrogen-bond donors (Lipinski definition) is 1. The molecule has 0 aromatic heterocycles. The number of nitrogens with two attached hydrogens (primary N) is 1. The first-order valence-electron chi connectivity index (χ1n) is 6.73. The Morgan fingerprint density at radius 2 is 1.70 bits per heavy atom. The Balaban J connectivity index is 1.97. The van der Waals surface area contributed by atoms with E-state index in [0.29, 0.717) is 0 Å². The second-order valence-electron chi connectivity index (χ2n) is 5.76. The van der Waals surface area contributed by atoms with Crippen molar-refractivity contribution in [2.24, 2.45) is 5.73 Å². The highest BCUT2D eigenvalue weighted by molar-refractivity contribution is 5.68. The second kappa shape index (κ2) is 4.38. The summed E-state index contributed by atoms with van der Waals surface area (Å²) in [5.74, 6) is -2.62. The number of halogens is 2. The molecule has 0 heterocycles. The molecular weight excluding hydrogens is 256 g/mol. The summed E-state index contributed by atoms with van der Waals surface area (Å²) >= 11 is 0. The summed E-state index contributed by atoms with van der Waals surface area (Å²) in [4.78, 5) is 0. The average Bonchev–Trinajstić information content (AvgIpc) is 2.37. The first kappa shape index (κ1) is 13.3. The van der Waals surface area contributed by atoms with Gasteiger partial charge in [-0.2, -0.15) is 0 Å². The maximum atomic E-state index is 13.1. The van der Waals surface area contributed by atoms with E-state index in [1.807, 2.05) is 55.5 Å². The predicted octanol–water partition coefficient (Wildman–Crippen LogP) is 4.25. The van der Waals surface area contributed by atoms with Crippen molar-refractivity contribution in [1.82, 2.24) is 0 Å². The Bertz CT molecular complexity index is 641. The minimum atomic E-state index is -2.62. The third-order valence-electron chi connectivity index (χ3n) is 4.04. The minimum absolute atomic E-state index is 0.267. The average molecular weight is 273 g/mol. The van der Waals surface area contributed by atoms with Crippen molar-refractivity contribution in [1.29, 1.82) is 0 Å². The highest BCUT2D eigenvalue weighted by atomic mass is 19.3. The van der Waals surface area contributed by atoms with E-state index in [1.165, 1.54) is 0 Å². The molecule has 2 aromatic rings. The van der Waals surface area contributed by atoms with Gasteiger partial charge >= 0.3 is 0 Å². The molecule has 2 aromatic carbocycles. The zero-order valence-corrected chi connectivity index (χ0v) is 11.4.